The summed E-state index contributed by atoms with van der Waals surface area (Å²) in [7, 11) is 2.10. The molecule has 0 atom stereocenters. The van der Waals surface area contributed by atoms with Crippen LogP contribution in [-0.4, -0.2) is 37.0 Å². The molecule has 0 aromatic heterocycles. The van der Waals surface area contributed by atoms with Crippen LogP contribution in [0.1, 0.15) is 12.8 Å². The van der Waals surface area contributed by atoms with Gasteiger partial charge in [-0.2, -0.15) is 0 Å². The Hall–Kier alpha value is 0.534. The summed E-state index contributed by atoms with van der Waals surface area (Å²) in [5.74, 6) is -0.153. The topological polar surface area (TPSA) is 32.3 Å². The summed E-state index contributed by atoms with van der Waals surface area (Å²) in [5.41, 5.74) is 0. The fourth-order valence-electron chi connectivity index (χ4n) is 1.38. The molecule has 0 aliphatic carbocycles. The number of piperidine rings is 1. The fourth-order valence-corrected chi connectivity index (χ4v) is 1.38. The first kappa shape index (κ1) is 16.0. The molecule has 3 nitrogen and oxygen atoms in total. The van der Waals surface area contributed by atoms with E-state index in [1.807, 2.05) is 0 Å². The molecule has 0 unspecified atom stereocenters. The monoisotopic (exact) mass is 339 g/mol. The third kappa shape index (κ3) is 6.58. The number of carbonyl (C=O) groups is 1. The van der Waals surface area contributed by atoms with E-state index < -0.39 is 0 Å². The van der Waals surface area contributed by atoms with Gasteiger partial charge < -0.3 is 29.4 Å². The summed E-state index contributed by atoms with van der Waals surface area (Å²) in [6.45, 7) is 5.44. The molecule has 1 radical (unpaired) electrons. The summed E-state index contributed by atoms with van der Waals surface area (Å²) in [5, 5.41) is 2.83. The molecule has 0 aromatic carbocycles. The number of hydrogen-bond donors (Lipinski definition) is 1. The third-order valence-electron chi connectivity index (χ3n) is 2.08. The second kappa shape index (κ2) is 7.89. The van der Waals surface area contributed by atoms with Crippen LogP contribution in [0.2, 0.25) is 0 Å². The van der Waals surface area contributed by atoms with Crippen LogP contribution in [0.5, 0.6) is 0 Å². The van der Waals surface area contributed by atoms with Gasteiger partial charge in [-0.3, -0.25) is 0 Å². The maximum absolute atomic E-state index is 10.6. The number of nitrogens with zero attached hydrogens (tertiary/aromatic N) is 1. The van der Waals surface area contributed by atoms with E-state index in [2.05, 4.69) is 24.2 Å². The van der Waals surface area contributed by atoms with Gasteiger partial charge in [0.2, 0.25) is 0 Å². The van der Waals surface area contributed by atoms with E-state index in [1.165, 1.54) is 0 Å². The van der Waals surface area contributed by atoms with Gasteiger partial charge in [0, 0.05) is 42.9 Å². The Labute approximate surface area is 110 Å². The zero-order valence-electron chi connectivity index (χ0n) is 8.25. The second-order valence-electron chi connectivity index (χ2n) is 3.15. The third-order valence-corrected chi connectivity index (χ3v) is 2.08. The SMILES string of the molecule is [CH2-]C(=O)NC1CCN(C)CC1.[CH3-].[Tm]. The normalized spacial score (nSPS) is 18.2. The molecule has 13 heavy (non-hydrogen) atoms. The van der Waals surface area contributed by atoms with E-state index in [-0.39, 0.29) is 50.2 Å². The summed E-state index contributed by atoms with van der Waals surface area (Å²) >= 11 is 0. The van der Waals surface area contributed by atoms with Gasteiger partial charge in [0.15, 0.2) is 0 Å². The van der Waals surface area contributed by atoms with Gasteiger partial charge in [-0.15, -0.1) is 0 Å². The molecule has 1 aliphatic rings. The van der Waals surface area contributed by atoms with Crippen LogP contribution in [-0.2, 0) is 4.79 Å². The Morgan fingerprint density at radius 3 is 2.31 bits per heavy atom. The number of amides is 1. The minimum atomic E-state index is -0.153. The molecule has 1 aliphatic heterocycles. The van der Waals surface area contributed by atoms with Crippen molar-refractivity contribution < 1.29 is 41.7 Å². The van der Waals surface area contributed by atoms with Crippen molar-refractivity contribution in [1.82, 2.24) is 10.2 Å². The average molecular weight is 339 g/mol. The minimum Gasteiger partial charge on any atom is -0.378 e. The summed E-state index contributed by atoms with van der Waals surface area (Å²) in [4.78, 5) is 12.8. The first-order valence-electron chi connectivity index (χ1n) is 3.99. The van der Waals surface area contributed by atoms with Crippen LogP contribution >= 0.6 is 0 Å². The summed E-state index contributed by atoms with van der Waals surface area (Å²) in [6, 6.07) is 0.358. The Morgan fingerprint density at radius 1 is 1.46 bits per heavy atom. The van der Waals surface area contributed by atoms with Gasteiger partial charge >= 0.3 is 0 Å². The Bertz CT molecular complexity index is 145. The van der Waals surface area contributed by atoms with Crippen molar-refractivity contribution in [3.8, 4) is 0 Å². The molecule has 4 heteroatoms. The molecule has 85 valence electrons. The van der Waals surface area contributed by atoms with Crippen molar-refractivity contribution in [2.75, 3.05) is 20.1 Å². The van der Waals surface area contributed by atoms with E-state index in [0.717, 1.165) is 25.9 Å². The molecule has 1 rings (SSSR count). The molecular weight excluding hydrogens is 321 g/mol. The van der Waals surface area contributed by atoms with Crippen molar-refractivity contribution in [3.63, 3.8) is 0 Å². The molecule has 1 saturated heterocycles. The first-order valence-corrected chi connectivity index (χ1v) is 3.99. The van der Waals surface area contributed by atoms with Gasteiger partial charge in [0.25, 0.3) is 0 Å². The van der Waals surface area contributed by atoms with Crippen molar-refractivity contribution in [2.24, 2.45) is 0 Å². The predicted molar refractivity (Wildman–Crippen MR) is 50.4 cm³/mol. The molecule has 1 amide bonds. The van der Waals surface area contributed by atoms with Gasteiger partial charge in [0.05, 0.1) is 5.91 Å². The number of hydrogen-bond acceptors (Lipinski definition) is 2. The maximum atomic E-state index is 10.6. The summed E-state index contributed by atoms with van der Waals surface area (Å²) in [6.07, 6.45) is 2.11. The Balaban J connectivity index is 0. The Morgan fingerprint density at radius 2 is 1.92 bits per heavy atom. The molecule has 1 heterocycles. The van der Waals surface area contributed by atoms with E-state index in [4.69, 9.17) is 0 Å². The van der Waals surface area contributed by atoms with Crippen LogP contribution in [0.25, 0.3) is 0 Å². The maximum Gasteiger partial charge on any atom is 0.0799 e. The first-order chi connectivity index (χ1) is 5.18. The minimum absolute atomic E-state index is 0. The van der Waals surface area contributed by atoms with Gasteiger partial charge in [-0.25, -0.2) is 0 Å². The zero-order valence-corrected chi connectivity index (χ0v) is 10.0. The standard InChI is InChI=1S/C8H15N2O.CH3.Tm/c1-7(11)9-8-3-5-10(2)6-4-8;;/h8H,1,3-6H2,2H3,(H,9,11);1H3;/q2*-1;. The van der Waals surface area contributed by atoms with E-state index in [0.29, 0.717) is 6.04 Å². The fraction of sp³-hybridized carbons (Fsp3) is 0.667. The quantitative estimate of drug-likeness (QED) is 0.705. The van der Waals surface area contributed by atoms with Crippen molar-refractivity contribution in [1.29, 1.82) is 0 Å². The van der Waals surface area contributed by atoms with Crippen LogP contribution in [0.3, 0.4) is 0 Å². The van der Waals surface area contributed by atoms with Crippen molar-refractivity contribution in [2.45, 2.75) is 18.9 Å². The van der Waals surface area contributed by atoms with Crippen LogP contribution < -0.4 is 5.32 Å². The van der Waals surface area contributed by atoms with Crippen molar-refractivity contribution in [3.05, 3.63) is 14.4 Å². The van der Waals surface area contributed by atoms with Crippen LogP contribution in [0.4, 0.5) is 0 Å². The molecule has 0 bridgehead atoms. The van der Waals surface area contributed by atoms with E-state index >= 15 is 0 Å². The second-order valence-corrected chi connectivity index (χ2v) is 3.15. The van der Waals surface area contributed by atoms with Gasteiger partial charge in [0.1, 0.15) is 0 Å². The number of likely N-dealkylation sites (tertiary alicyclic amines) is 1. The van der Waals surface area contributed by atoms with Crippen molar-refractivity contribution >= 4 is 5.91 Å². The van der Waals surface area contributed by atoms with Gasteiger partial charge in [-0.05, 0) is 33.0 Å². The smallest absolute Gasteiger partial charge is 0.0799 e. The summed E-state index contributed by atoms with van der Waals surface area (Å²) < 4.78 is 0. The largest absolute Gasteiger partial charge is 0.378 e. The molecular formula is C9H18N2OTm-2. The molecule has 0 aromatic rings. The predicted octanol–water partition coefficient (Wildman–Crippen LogP) is 0.481. The van der Waals surface area contributed by atoms with E-state index in [1.54, 1.807) is 0 Å². The average Bonchev–Trinajstić information content (AvgIpc) is 1.93. The van der Waals surface area contributed by atoms with Crippen LogP contribution in [0, 0.1) is 51.2 Å². The number of nitrogens with one attached hydrogen (secondary N) is 1. The molecule has 0 saturated carbocycles. The Kier molecular flexibility index (Phi) is 9.70. The number of carbonyl (C=O) groups excluding carboxylic acids is 1. The molecule has 1 N–H and O–H groups in total. The molecule has 1 fully saturated rings. The van der Waals surface area contributed by atoms with E-state index in [9.17, 15) is 4.79 Å². The van der Waals surface area contributed by atoms with Gasteiger partial charge in [-0.1, -0.05) is 0 Å². The van der Waals surface area contributed by atoms with Crippen LogP contribution in [0.15, 0.2) is 0 Å². The zero-order chi connectivity index (χ0) is 8.27. The number of rotatable bonds is 1. The molecule has 0 spiro atoms.